The molecule has 0 saturated heterocycles. The molecule has 2 heterocycles. The van der Waals surface area contributed by atoms with Crippen LogP contribution in [0.15, 0.2) is 46.3 Å². The van der Waals surface area contributed by atoms with Crippen LogP contribution in [0.4, 0.5) is 5.82 Å². The highest BCUT2D eigenvalue weighted by atomic mass is 32.2. The maximum atomic E-state index is 12.5. The third kappa shape index (κ3) is 4.05. The minimum Gasteiger partial charge on any atom is -0.497 e. The van der Waals surface area contributed by atoms with Crippen molar-refractivity contribution >= 4 is 23.5 Å². The molecule has 3 rings (SSSR count). The molecule has 0 radical (unpaired) electrons. The molecule has 0 spiro atoms. The van der Waals surface area contributed by atoms with E-state index in [2.05, 4.69) is 20.7 Å². The SMILES string of the molecule is CC[C@H](Sc1nncn1-c1cccc(OC)c1)C(=O)Nc1cc(C)on1. The van der Waals surface area contributed by atoms with E-state index in [4.69, 9.17) is 9.26 Å². The summed E-state index contributed by atoms with van der Waals surface area (Å²) in [5, 5.41) is 15.0. The van der Waals surface area contributed by atoms with E-state index in [9.17, 15) is 4.79 Å². The molecule has 0 unspecified atom stereocenters. The first-order valence-corrected chi connectivity index (χ1v) is 8.94. The Hall–Kier alpha value is -2.81. The molecule has 0 aliphatic heterocycles. The molecule has 1 N–H and O–H groups in total. The second kappa shape index (κ2) is 8.05. The number of nitrogens with one attached hydrogen (secondary N) is 1. The Labute approximate surface area is 154 Å². The van der Waals surface area contributed by atoms with Crippen LogP contribution in [0.3, 0.4) is 0 Å². The van der Waals surface area contributed by atoms with Crippen molar-refractivity contribution in [3.63, 3.8) is 0 Å². The summed E-state index contributed by atoms with van der Waals surface area (Å²) >= 11 is 1.34. The number of ether oxygens (including phenoxy) is 1. The molecular formula is C17H19N5O3S. The van der Waals surface area contributed by atoms with Gasteiger partial charge in [0.05, 0.1) is 18.0 Å². The predicted octanol–water partition coefficient (Wildman–Crippen LogP) is 3.08. The molecule has 26 heavy (non-hydrogen) atoms. The number of rotatable bonds is 7. The Kier molecular flexibility index (Phi) is 5.57. The maximum absolute atomic E-state index is 12.5. The number of aromatic nitrogens is 4. The van der Waals surface area contributed by atoms with E-state index in [-0.39, 0.29) is 11.2 Å². The fourth-order valence-electron chi connectivity index (χ4n) is 2.32. The molecule has 136 valence electrons. The highest BCUT2D eigenvalue weighted by Gasteiger charge is 2.22. The molecule has 0 aliphatic carbocycles. The van der Waals surface area contributed by atoms with Gasteiger partial charge in [-0.1, -0.05) is 29.9 Å². The molecule has 8 nitrogen and oxygen atoms in total. The third-order valence-electron chi connectivity index (χ3n) is 3.64. The van der Waals surface area contributed by atoms with Gasteiger partial charge in [0.2, 0.25) is 5.91 Å². The van der Waals surface area contributed by atoms with Gasteiger partial charge in [0.1, 0.15) is 17.8 Å². The number of benzene rings is 1. The molecule has 2 aromatic heterocycles. The van der Waals surface area contributed by atoms with Crippen LogP contribution in [0.25, 0.3) is 5.69 Å². The van der Waals surface area contributed by atoms with Crippen molar-refractivity contribution in [3.05, 3.63) is 42.4 Å². The van der Waals surface area contributed by atoms with Gasteiger partial charge in [0.15, 0.2) is 11.0 Å². The fraction of sp³-hybridized carbons (Fsp3) is 0.294. The zero-order valence-corrected chi connectivity index (χ0v) is 15.5. The molecule has 0 saturated carbocycles. The van der Waals surface area contributed by atoms with Crippen LogP contribution in [-0.2, 0) is 4.79 Å². The minimum absolute atomic E-state index is 0.161. The van der Waals surface area contributed by atoms with Crippen LogP contribution in [0.5, 0.6) is 5.75 Å². The quantitative estimate of drug-likeness (QED) is 0.636. The van der Waals surface area contributed by atoms with Crippen molar-refractivity contribution in [1.29, 1.82) is 0 Å². The number of methoxy groups -OCH3 is 1. The lowest BCUT2D eigenvalue weighted by atomic mass is 10.3. The Morgan fingerprint density at radius 3 is 2.96 bits per heavy atom. The van der Waals surface area contributed by atoms with Gasteiger partial charge < -0.3 is 14.6 Å². The van der Waals surface area contributed by atoms with E-state index in [1.54, 1.807) is 26.4 Å². The van der Waals surface area contributed by atoms with Crippen molar-refractivity contribution in [2.24, 2.45) is 0 Å². The number of anilines is 1. The monoisotopic (exact) mass is 373 g/mol. The minimum atomic E-state index is -0.347. The standard InChI is InChI=1S/C17H19N5O3S/c1-4-14(16(23)19-15-8-11(2)25-21-15)26-17-20-18-10-22(17)12-6-5-7-13(9-12)24-3/h5-10,14H,4H2,1-3H3,(H,19,21,23)/t14-/m0/s1. The number of amides is 1. The van der Waals surface area contributed by atoms with Gasteiger partial charge in [-0.3, -0.25) is 9.36 Å². The molecule has 0 bridgehead atoms. The Balaban J connectivity index is 1.76. The van der Waals surface area contributed by atoms with Gasteiger partial charge in [0, 0.05) is 12.1 Å². The van der Waals surface area contributed by atoms with Gasteiger partial charge >= 0.3 is 0 Å². The van der Waals surface area contributed by atoms with Crippen LogP contribution in [0.2, 0.25) is 0 Å². The molecule has 0 fully saturated rings. The predicted molar refractivity (Wildman–Crippen MR) is 97.7 cm³/mol. The highest BCUT2D eigenvalue weighted by Crippen LogP contribution is 2.27. The van der Waals surface area contributed by atoms with E-state index in [0.29, 0.717) is 23.2 Å². The van der Waals surface area contributed by atoms with E-state index in [1.165, 1.54) is 11.8 Å². The number of hydrogen-bond acceptors (Lipinski definition) is 7. The second-order valence-electron chi connectivity index (χ2n) is 5.51. The zero-order valence-electron chi connectivity index (χ0n) is 14.7. The number of carbonyl (C=O) groups excluding carboxylic acids is 1. The molecule has 3 aromatic rings. The fourth-order valence-corrected chi connectivity index (χ4v) is 3.27. The second-order valence-corrected chi connectivity index (χ2v) is 6.68. The Morgan fingerprint density at radius 1 is 1.42 bits per heavy atom. The molecular weight excluding hydrogens is 354 g/mol. The van der Waals surface area contributed by atoms with Crippen molar-refractivity contribution < 1.29 is 14.1 Å². The first-order chi connectivity index (χ1) is 12.6. The number of nitrogens with zero attached hydrogens (tertiary/aromatic N) is 4. The number of carbonyl (C=O) groups is 1. The number of hydrogen-bond donors (Lipinski definition) is 1. The Morgan fingerprint density at radius 2 is 2.27 bits per heavy atom. The van der Waals surface area contributed by atoms with E-state index >= 15 is 0 Å². The third-order valence-corrected chi connectivity index (χ3v) is 4.96. The Bertz CT molecular complexity index is 892. The topological polar surface area (TPSA) is 95.1 Å². The summed E-state index contributed by atoms with van der Waals surface area (Å²) in [5.41, 5.74) is 0.860. The smallest absolute Gasteiger partial charge is 0.239 e. The summed E-state index contributed by atoms with van der Waals surface area (Å²) in [6, 6.07) is 9.23. The summed E-state index contributed by atoms with van der Waals surface area (Å²) in [6.45, 7) is 3.71. The van der Waals surface area contributed by atoms with E-state index in [0.717, 1.165) is 11.4 Å². The lowest BCUT2D eigenvalue weighted by molar-refractivity contribution is -0.115. The number of aryl methyl sites for hydroxylation is 1. The normalized spacial score (nSPS) is 12.0. The summed E-state index contributed by atoms with van der Waals surface area (Å²) < 4.78 is 12.1. The van der Waals surface area contributed by atoms with Crippen LogP contribution in [0.1, 0.15) is 19.1 Å². The van der Waals surface area contributed by atoms with E-state index in [1.807, 2.05) is 35.8 Å². The van der Waals surface area contributed by atoms with Crippen LogP contribution < -0.4 is 10.1 Å². The lowest BCUT2D eigenvalue weighted by Crippen LogP contribution is -2.25. The molecule has 1 atom stereocenters. The van der Waals surface area contributed by atoms with Gasteiger partial charge in [-0.15, -0.1) is 10.2 Å². The van der Waals surface area contributed by atoms with Crippen LogP contribution >= 0.6 is 11.8 Å². The highest BCUT2D eigenvalue weighted by molar-refractivity contribution is 8.00. The maximum Gasteiger partial charge on any atom is 0.239 e. The van der Waals surface area contributed by atoms with E-state index < -0.39 is 0 Å². The van der Waals surface area contributed by atoms with Gasteiger partial charge in [0.25, 0.3) is 0 Å². The van der Waals surface area contributed by atoms with Gasteiger partial charge in [-0.2, -0.15) is 0 Å². The van der Waals surface area contributed by atoms with Crippen LogP contribution in [-0.4, -0.2) is 38.2 Å². The first-order valence-electron chi connectivity index (χ1n) is 8.06. The van der Waals surface area contributed by atoms with Crippen molar-refractivity contribution in [2.45, 2.75) is 30.7 Å². The lowest BCUT2D eigenvalue weighted by Gasteiger charge is -2.14. The van der Waals surface area contributed by atoms with Crippen molar-refractivity contribution in [2.75, 3.05) is 12.4 Å². The van der Waals surface area contributed by atoms with Gasteiger partial charge in [-0.05, 0) is 25.5 Å². The van der Waals surface area contributed by atoms with Crippen molar-refractivity contribution in [3.8, 4) is 11.4 Å². The average Bonchev–Trinajstić information content (AvgIpc) is 3.28. The first kappa shape index (κ1) is 18.0. The largest absolute Gasteiger partial charge is 0.497 e. The average molecular weight is 373 g/mol. The van der Waals surface area contributed by atoms with Crippen LogP contribution in [0, 0.1) is 6.92 Å². The van der Waals surface area contributed by atoms with Gasteiger partial charge in [-0.25, -0.2) is 0 Å². The molecule has 9 heteroatoms. The summed E-state index contributed by atoms with van der Waals surface area (Å²) in [6.07, 6.45) is 2.24. The number of thioether (sulfide) groups is 1. The molecule has 1 amide bonds. The molecule has 1 aromatic carbocycles. The van der Waals surface area contributed by atoms with Crippen molar-refractivity contribution in [1.82, 2.24) is 19.9 Å². The zero-order chi connectivity index (χ0) is 18.5. The summed E-state index contributed by atoms with van der Waals surface area (Å²) in [5.74, 6) is 1.61. The summed E-state index contributed by atoms with van der Waals surface area (Å²) in [7, 11) is 1.62. The molecule has 0 aliphatic rings. The summed E-state index contributed by atoms with van der Waals surface area (Å²) in [4.78, 5) is 12.5.